The maximum absolute atomic E-state index is 12.0. The summed E-state index contributed by atoms with van der Waals surface area (Å²) < 4.78 is 20.7. The Morgan fingerprint density at radius 1 is 0.970 bits per heavy atom. The highest BCUT2D eigenvalue weighted by atomic mass is 127. The van der Waals surface area contributed by atoms with E-state index in [4.69, 9.17) is 18.9 Å². The standard InChI is InChI=1S/C24H33N3O5.HI/c1-5-32-14-6-13-25-24(26-16-18-7-10-20(29-2)11-8-18)27-17-19-9-12-22(30-3)21(15-19)23(28)31-4;/h7-12,15H,5-6,13-14,16-17H2,1-4H3,(H2,25,26,27);1H. The van der Waals surface area contributed by atoms with Crippen LogP contribution in [0, 0.1) is 0 Å². The molecule has 0 fully saturated rings. The van der Waals surface area contributed by atoms with Gasteiger partial charge in [0, 0.05) is 26.3 Å². The lowest BCUT2D eigenvalue weighted by Crippen LogP contribution is -2.37. The molecule has 0 aliphatic carbocycles. The Bertz CT molecular complexity index is 875. The maximum atomic E-state index is 12.0. The van der Waals surface area contributed by atoms with E-state index in [9.17, 15) is 4.79 Å². The van der Waals surface area contributed by atoms with Gasteiger partial charge in [-0.25, -0.2) is 9.79 Å². The van der Waals surface area contributed by atoms with Crippen LogP contribution in [-0.2, 0) is 22.6 Å². The molecule has 0 radical (unpaired) electrons. The second-order valence-corrected chi connectivity index (χ2v) is 6.87. The summed E-state index contributed by atoms with van der Waals surface area (Å²) in [5.74, 6) is 1.52. The first-order valence-electron chi connectivity index (χ1n) is 10.6. The summed E-state index contributed by atoms with van der Waals surface area (Å²) in [6.45, 7) is 5.10. The summed E-state index contributed by atoms with van der Waals surface area (Å²) >= 11 is 0. The van der Waals surface area contributed by atoms with E-state index in [0.29, 0.717) is 43.6 Å². The minimum absolute atomic E-state index is 0. The lowest BCUT2D eigenvalue weighted by atomic mass is 10.1. The number of carbonyl (C=O) groups is 1. The number of halogens is 1. The van der Waals surface area contributed by atoms with Crippen LogP contribution in [0.3, 0.4) is 0 Å². The van der Waals surface area contributed by atoms with Crippen molar-refractivity contribution < 1.29 is 23.7 Å². The number of guanidine groups is 1. The highest BCUT2D eigenvalue weighted by Gasteiger charge is 2.13. The Hall–Kier alpha value is -2.53. The summed E-state index contributed by atoms with van der Waals surface area (Å²) in [6, 6.07) is 13.2. The first-order chi connectivity index (χ1) is 15.6. The highest BCUT2D eigenvalue weighted by Crippen LogP contribution is 2.21. The van der Waals surface area contributed by atoms with Crippen LogP contribution in [0.25, 0.3) is 0 Å². The first-order valence-corrected chi connectivity index (χ1v) is 10.6. The molecule has 0 aliphatic rings. The fourth-order valence-electron chi connectivity index (χ4n) is 2.92. The third-order valence-electron chi connectivity index (χ3n) is 4.67. The third kappa shape index (κ3) is 9.87. The fourth-order valence-corrected chi connectivity index (χ4v) is 2.92. The predicted octanol–water partition coefficient (Wildman–Crippen LogP) is 3.77. The van der Waals surface area contributed by atoms with E-state index >= 15 is 0 Å². The Morgan fingerprint density at radius 3 is 2.33 bits per heavy atom. The zero-order valence-corrected chi connectivity index (χ0v) is 22.0. The van der Waals surface area contributed by atoms with Crippen molar-refractivity contribution >= 4 is 35.9 Å². The van der Waals surface area contributed by atoms with Crippen molar-refractivity contribution in [2.75, 3.05) is 41.1 Å². The molecule has 0 atom stereocenters. The van der Waals surface area contributed by atoms with Crippen LogP contribution in [0.15, 0.2) is 47.5 Å². The lowest BCUT2D eigenvalue weighted by molar-refractivity contribution is 0.0597. The number of rotatable bonds is 12. The van der Waals surface area contributed by atoms with Gasteiger partial charge in [-0.15, -0.1) is 24.0 Å². The molecule has 182 valence electrons. The first kappa shape index (κ1) is 28.5. The van der Waals surface area contributed by atoms with Gasteiger partial charge in [-0.3, -0.25) is 0 Å². The van der Waals surface area contributed by atoms with Crippen molar-refractivity contribution in [2.24, 2.45) is 4.99 Å². The van der Waals surface area contributed by atoms with Gasteiger partial charge in [0.25, 0.3) is 0 Å². The van der Waals surface area contributed by atoms with Gasteiger partial charge in [-0.1, -0.05) is 18.2 Å². The van der Waals surface area contributed by atoms with Crippen LogP contribution in [0.4, 0.5) is 0 Å². The Balaban J connectivity index is 0.00000544. The molecule has 33 heavy (non-hydrogen) atoms. The molecular weight excluding hydrogens is 537 g/mol. The monoisotopic (exact) mass is 571 g/mol. The average Bonchev–Trinajstić information content (AvgIpc) is 2.84. The van der Waals surface area contributed by atoms with Gasteiger partial charge in [0.2, 0.25) is 0 Å². The zero-order valence-electron chi connectivity index (χ0n) is 19.7. The molecule has 8 nitrogen and oxygen atoms in total. The van der Waals surface area contributed by atoms with Crippen LogP contribution >= 0.6 is 24.0 Å². The van der Waals surface area contributed by atoms with Gasteiger partial charge in [-0.05, 0) is 48.7 Å². The molecule has 0 heterocycles. The number of nitrogens with zero attached hydrogens (tertiary/aromatic N) is 1. The van der Waals surface area contributed by atoms with E-state index in [0.717, 1.165) is 29.8 Å². The van der Waals surface area contributed by atoms with Gasteiger partial charge in [0.15, 0.2) is 5.96 Å². The molecule has 0 saturated carbocycles. The van der Waals surface area contributed by atoms with Crippen molar-refractivity contribution in [1.29, 1.82) is 0 Å². The van der Waals surface area contributed by atoms with Gasteiger partial charge in [0.05, 0.1) is 27.9 Å². The normalized spacial score (nSPS) is 10.7. The molecule has 9 heteroatoms. The van der Waals surface area contributed by atoms with E-state index < -0.39 is 5.97 Å². The highest BCUT2D eigenvalue weighted by molar-refractivity contribution is 14.0. The Morgan fingerprint density at radius 2 is 1.70 bits per heavy atom. The fraction of sp³-hybridized carbons (Fsp3) is 0.417. The second-order valence-electron chi connectivity index (χ2n) is 6.87. The number of carbonyl (C=O) groups excluding carboxylic acids is 1. The van der Waals surface area contributed by atoms with Crippen molar-refractivity contribution in [3.63, 3.8) is 0 Å². The summed E-state index contributed by atoms with van der Waals surface area (Å²) in [5.41, 5.74) is 2.35. The minimum Gasteiger partial charge on any atom is -0.497 e. The van der Waals surface area contributed by atoms with E-state index in [-0.39, 0.29) is 24.0 Å². The molecule has 0 spiro atoms. The maximum Gasteiger partial charge on any atom is 0.341 e. The van der Waals surface area contributed by atoms with Gasteiger partial charge in [-0.2, -0.15) is 0 Å². The smallest absolute Gasteiger partial charge is 0.341 e. The number of aliphatic imine (C=N–C) groups is 1. The van der Waals surface area contributed by atoms with Crippen LogP contribution < -0.4 is 20.1 Å². The molecule has 0 bridgehead atoms. The number of esters is 1. The number of hydrogen-bond donors (Lipinski definition) is 2. The SMILES string of the molecule is CCOCCCNC(=NCc1ccc(OC)c(C(=O)OC)c1)NCc1ccc(OC)cc1.I. The lowest BCUT2D eigenvalue weighted by Gasteiger charge is -2.14. The zero-order chi connectivity index (χ0) is 23.2. The van der Waals surface area contributed by atoms with Crippen LogP contribution in [-0.4, -0.2) is 53.0 Å². The molecule has 2 rings (SSSR count). The van der Waals surface area contributed by atoms with Crippen molar-refractivity contribution in [3.8, 4) is 11.5 Å². The van der Waals surface area contributed by atoms with Crippen molar-refractivity contribution in [3.05, 3.63) is 59.2 Å². The topological polar surface area (TPSA) is 90.4 Å². The van der Waals surface area contributed by atoms with Gasteiger partial charge < -0.3 is 29.6 Å². The molecule has 0 aliphatic heterocycles. The van der Waals surface area contributed by atoms with Crippen molar-refractivity contribution in [1.82, 2.24) is 10.6 Å². The van der Waals surface area contributed by atoms with Crippen LogP contribution in [0.5, 0.6) is 11.5 Å². The number of benzene rings is 2. The molecule has 0 unspecified atom stereocenters. The molecular formula is C24H34IN3O5. The van der Waals surface area contributed by atoms with E-state index in [2.05, 4.69) is 15.6 Å². The molecule has 0 aromatic heterocycles. The average molecular weight is 571 g/mol. The molecule has 0 amide bonds. The predicted molar refractivity (Wildman–Crippen MR) is 140 cm³/mol. The Kier molecular flexibility index (Phi) is 13.9. The minimum atomic E-state index is -0.445. The quantitative estimate of drug-likeness (QED) is 0.132. The molecule has 2 aromatic rings. The molecule has 2 aromatic carbocycles. The summed E-state index contributed by atoms with van der Waals surface area (Å²) in [4.78, 5) is 16.7. The third-order valence-corrected chi connectivity index (χ3v) is 4.67. The van der Waals surface area contributed by atoms with E-state index in [1.807, 2.05) is 37.3 Å². The van der Waals surface area contributed by atoms with E-state index in [1.165, 1.54) is 14.2 Å². The largest absolute Gasteiger partial charge is 0.497 e. The van der Waals surface area contributed by atoms with Gasteiger partial charge >= 0.3 is 5.97 Å². The van der Waals surface area contributed by atoms with Crippen LogP contribution in [0.1, 0.15) is 34.8 Å². The second kappa shape index (κ2) is 16.1. The summed E-state index contributed by atoms with van der Waals surface area (Å²) in [5, 5.41) is 6.68. The summed E-state index contributed by atoms with van der Waals surface area (Å²) in [6.07, 6.45) is 0.867. The van der Waals surface area contributed by atoms with Gasteiger partial charge in [0.1, 0.15) is 17.1 Å². The number of ether oxygens (including phenoxy) is 4. The van der Waals surface area contributed by atoms with Crippen LogP contribution in [0.2, 0.25) is 0 Å². The van der Waals surface area contributed by atoms with Crippen molar-refractivity contribution in [2.45, 2.75) is 26.4 Å². The number of nitrogens with one attached hydrogen (secondary N) is 2. The number of methoxy groups -OCH3 is 3. The molecule has 0 saturated heterocycles. The molecule has 2 N–H and O–H groups in total. The number of hydrogen-bond acceptors (Lipinski definition) is 6. The van der Waals surface area contributed by atoms with E-state index in [1.54, 1.807) is 19.2 Å². The summed E-state index contributed by atoms with van der Waals surface area (Å²) in [7, 11) is 4.52. The Labute approximate surface area is 213 Å².